The third-order valence-electron chi connectivity index (χ3n) is 7.94. The van der Waals surface area contributed by atoms with Gasteiger partial charge < -0.3 is 10.1 Å². The van der Waals surface area contributed by atoms with Gasteiger partial charge in [0, 0.05) is 15.5 Å². The molecular weight excluding hydrogens is 400 g/mol. The molecule has 0 unspecified atom stereocenters. The molecule has 7 nitrogen and oxygen atoms in total. The first-order valence-electron chi connectivity index (χ1n) is 9.89. The van der Waals surface area contributed by atoms with Gasteiger partial charge in [-0.3, -0.25) is 24.1 Å². The van der Waals surface area contributed by atoms with Crippen molar-refractivity contribution in [2.75, 3.05) is 6.54 Å². The van der Waals surface area contributed by atoms with E-state index in [1.54, 1.807) is 11.8 Å². The summed E-state index contributed by atoms with van der Waals surface area (Å²) in [6.45, 7) is -0.529. The number of aliphatic carboxylic acids is 1. The van der Waals surface area contributed by atoms with Crippen molar-refractivity contribution in [3.63, 3.8) is 0 Å². The maximum absolute atomic E-state index is 13.0. The number of amides is 2. The van der Waals surface area contributed by atoms with E-state index in [-0.39, 0.29) is 51.0 Å². The van der Waals surface area contributed by atoms with Crippen molar-refractivity contribution in [3.8, 4) is 0 Å². The highest BCUT2D eigenvalue weighted by molar-refractivity contribution is 8.00. The van der Waals surface area contributed by atoms with E-state index in [1.807, 2.05) is 0 Å². The van der Waals surface area contributed by atoms with Gasteiger partial charge in [0.2, 0.25) is 11.8 Å². The highest BCUT2D eigenvalue weighted by Crippen LogP contribution is 2.71. The third kappa shape index (κ3) is 1.92. The lowest BCUT2D eigenvalue weighted by Gasteiger charge is -2.49. The van der Waals surface area contributed by atoms with Crippen molar-refractivity contribution >= 4 is 40.9 Å². The van der Waals surface area contributed by atoms with Crippen molar-refractivity contribution in [1.82, 2.24) is 9.88 Å². The second kappa shape index (κ2) is 5.50. The molecule has 9 heteroatoms. The van der Waals surface area contributed by atoms with Gasteiger partial charge in [-0.2, -0.15) is 0 Å². The van der Waals surface area contributed by atoms with Crippen molar-refractivity contribution in [3.05, 3.63) is 14.5 Å². The molecule has 3 aliphatic carbocycles. The lowest BCUT2D eigenvalue weighted by atomic mass is 9.61. The van der Waals surface area contributed by atoms with Crippen LogP contribution in [0.15, 0.2) is 9.82 Å². The van der Waals surface area contributed by atoms with Crippen LogP contribution in [-0.2, 0) is 19.8 Å². The van der Waals surface area contributed by atoms with Crippen LogP contribution < -0.4 is 4.87 Å². The summed E-state index contributed by atoms with van der Waals surface area (Å²) >= 11 is 3.02. The molecule has 2 amide bonds. The normalized spacial score (nSPS) is 39.5. The number of nitrogens with one attached hydrogen (secondary N) is 1. The number of carboxylic acids is 1. The van der Waals surface area contributed by atoms with Crippen molar-refractivity contribution in [2.24, 2.45) is 29.6 Å². The molecule has 1 saturated heterocycles. The molecule has 148 valence electrons. The molecule has 3 saturated carbocycles. The Kier molecular flexibility index (Phi) is 3.39. The molecule has 0 aromatic carbocycles. The van der Waals surface area contributed by atoms with E-state index < -0.39 is 12.5 Å². The second-order valence-corrected chi connectivity index (χ2v) is 11.1. The van der Waals surface area contributed by atoms with Gasteiger partial charge in [0.1, 0.15) is 6.54 Å². The van der Waals surface area contributed by atoms with Gasteiger partial charge >= 0.3 is 10.8 Å². The molecule has 1 aromatic heterocycles. The van der Waals surface area contributed by atoms with Crippen molar-refractivity contribution in [1.29, 1.82) is 0 Å². The zero-order chi connectivity index (χ0) is 19.4. The van der Waals surface area contributed by atoms with Gasteiger partial charge in [0.15, 0.2) is 0 Å². The smallest absolute Gasteiger partial charge is 0.323 e. The van der Waals surface area contributed by atoms with Gasteiger partial charge in [-0.1, -0.05) is 24.2 Å². The first-order valence-corrected chi connectivity index (χ1v) is 11.6. The second-order valence-electron chi connectivity index (χ2n) is 8.92. The maximum Gasteiger partial charge on any atom is 0.323 e. The maximum atomic E-state index is 13.0. The standard InChI is InChI=1S/C19H20N2O5S2/c22-9(23)6-21-16(24)10-7-5-8(11(10)17(21)25)13-12(7)19(3-1-2-4-19)14-15(27-13)20-18(26)28-14/h7-8,10-13H,1-6H2,(H,20,26)(H,22,23)/t7-,8-,10-,11-,12+,13+/m1/s1. The summed E-state index contributed by atoms with van der Waals surface area (Å²) in [5.41, 5.74) is -0.0526. The van der Waals surface area contributed by atoms with Crippen LogP contribution in [0.2, 0.25) is 0 Å². The summed E-state index contributed by atoms with van der Waals surface area (Å²) in [5.74, 6) is -1.96. The predicted octanol–water partition coefficient (Wildman–Crippen LogP) is 1.67. The van der Waals surface area contributed by atoms with Crippen molar-refractivity contribution in [2.45, 2.75) is 47.8 Å². The van der Waals surface area contributed by atoms with E-state index in [2.05, 4.69) is 4.98 Å². The van der Waals surface area contributed by atoms with Crippen LogP contribution in [0.4, 0.5) is 0 Å². The number of likely N-dealkylation sites (tertiary alicyclic amines) is 1. The topological polar surface area (TPSA) is 108 Å². The average Bonchev–Trinajstić information content (AvgIpc) is 3.41. The Bertz CT molecular complexity index is 977. The molecule has 28 heavy (non-hydrogen) atoms. The van der Waals surface area contributed by atoms with E-state index >= 15 is 0 Å². The Morgan fingerprint density at radius 3 is 2.50 bits per heavy atom. The highest BCUT2D eigenvalue weighted by Gasteiger charge is 2.72. The fourth-order valence-corrected chi connectivity index (χ4v) is 10.4. The summed E-state index contributed by atoms with van der Waals surface area (Å²) in [4.78, 5) is 54.4. The van der Waals surface area contributed by atoms with Crippen LogP contribution >= 0.6 is 23.1 Å². The summed E-state index contributed by atoms with van der Waals surface area (Å²) in [6, 6.07) is 0. The number of nitrogens with zero attached hydrogens (tertiary/aromatic N) is 1. The SMILES string of the molecule is O=C(O)CN1C(=O)[C@@H]2[C@H]3C[C@@H]([C@@H]4Sc5[nH]c(=O)sc5C5(CCCC5)[C@@H]34)[C@H]2C1=O. The molecule has 1 spiro atoms. The summed E-state index contributed by atoms with van der Waals surface area (Å²) in [6.07, 6.45) is 5.21. The molecule has 5 aliphatic rings. The summed E-state index contributed by atoms with van der Waals surface area (Å²) in [5, 5.41) is 10.3. The van der Waals surface area contributed by atoms with Crippen molar-refractivity contribution < 1.29 is 19.5 Å². The van der Waals surface area contributed by atoms with E-state index in [1.165, 1.54) is 16.2 Å². The number of H-pyrrole nitrogens is 1. The number of thioether (sulfide) groups is 1. The van der Waals surface area contributed by atoms with Crippen LogP contribution in [0.3, 0.4) is 0 Å². The third-order valence-corrected chi connectivity index (χ3v) is 10.6. The molecule has 2 aliphatic heterocycles. The average molecular weight is 421 g/mol. The Morgan fingerprint density at radius 1 is 1.14 bits per heavy atom. The number of rotatable bonds is 2. The first-order chi connectivity index (χ1) is 13.4. The Hall–Kier alpha value is -1.61. The number of hydrogen-bond donors (Lipinski definition) is 2. The van der Waals surface area contributed by atoms with Gasteiger partial charge in [-0.25, -0.2) is 0 Å². The highest BCUT2D eigenvalue weighted by atomic mass is 32.2. The molecule has 2 N–H and O–H groups in total. The number of aromatic nitrogens is 1. The molecular formula is C19H20N2O5S2. The molecule has 4 fully saturated rings. The van der Waals surface area contributed by atoms with E-state index in [9.17, 15) is 19.2 Å². The fourth-order valence-electron chi connectivity index (χ4n) is 7.26. The minimum atomic E-state index is -1.15. The van der Waals surface area contributed by atoms with Crippen LogP contribution in [0, 0.1) is 29.6 Å². The number of hydrogen-bond acceptors (Lipinski definition) is 6. The van der Waals surface area contributed by atoms with Gasteiger partial charge in [-0.15, -0.1) is 11.8 Å². The number of imide groups is 1. The predicted molar refractivity (Wildman–Crippen MR) is 101 cm³/mol. The van der Waals surface area contributed by atoms with Crippen LogP contribution in [0.1, 0.15) is 37.0 Å². The Balaban J connectivity index is 1.45. The van der Waals surface area contributed by atoms with Gasteiger partial charge in [-0.05, 0) is 37.0 Å². The van der Waals surface area contributed by atoms with Crippen LogP contribution in [-0.4, -0.2) is 44.6 Å². The first kappa shape index (κ1) is 17.3. The summed E-state index contributed by atoms with van der Waals surface area (Å²) < 4.78 is 0. The molecule has 2 bridgehead atoms. The number of thiazole rings is 1. The van der Waals surface area contributed by atoms with E-state index in [4.69, 9.17) is 5.11 Å². The zero-order valence-corrected chi connectivity index (χ0v) is 16.7. The Labute approximate surface area is 168 Å². The minimum absolute atomic E-state index is 0.0175. The molecule has 0 radical (unpaired) electrons. The lowest BCUT2D eigenvalue weighted by molar-refractivity contribution is -0.150. The molecule has 6 rings (SSSR count). The zero-order valence-electron chi connectivity index (χ0n) is 15.1. The monoisotopic (exact) mass is 420 g/mol. The molecule has 1 aromatic rings. The van der Waals surface area contributed by atoms with E-state index in [0.717, 1.165) is 42.0 Å². The number of fused-ring (bicyclic) bond motifs is 11. The van der Waals surface area contributed by atoms with Crippen LogP contribution in [0.25, 0.3) is 0 Å². The van der Waals surface area contributed by atoms with Gasteiger partial charge in [0.25, 0.3) is 0 Å². The quantitative estimate of drug-likeness (QED) is 0.705. The molecule has 6 atom stereocenters. The van der Waals surface area contributed by atoms with E-state index in [0.29, 0.717) is 5.92 Å². The Morgan fingerprint density at radius 2 is 1.82 bits per heavy atom. The lowest BCUT2D eigenvalue weighted by Crippen LogP contribution is -2.49. The summed E-state index contributed by atoms with van der Waals surface area (Å²) in [7, 11) is 0. The largest absolute Gasteiger partial charge is 0.480 e. The number of carbonyl (C=O) groups excluding carboxylic acids is 2. The van der Waals surface area contributed by atoms with Gasteiger partial charge in [0.05, 0.1) is 16.9 Å². The minimum Gasteiger partial charge on any atom is -0.480 e. The number of carboxylic acid groups (broad SMARTS) is 1. The number of aromatic amines is 1. The van der Waals surface area contributed by atoms with Crippen LogP contribution in [0.5, 0.6) is 0 Å². The fraction of sp³-hybridized carbons (Fsp3) is 0.684. The molecule has 3 heterocycles. The number of carbonyl (C=O) groups is 3.